The van der Waals surface area contributed by atoms with Crippen LogP contribution in [0.5, 0.6) is 11.5 Å². The second-order valence-corrected chi connectivity index (χ2v) is 7.32. The van der Waals surface area contributed by atoms with Crippen LogP contribution in [-0.2, 0) is 0 Å². The van der Waals surface area contributed by atoms with E-state index in [1.807, 2.05) is 48.5 Å². The molecule has 1 aliphatic carbocycles. The summed E-state index contributed by atoms with van der Waals surface area (Å²) >= 11 is 0. The summed E-state index contributed by atoms with van der Waals surface area (Å²) in [6.45, 7) is 0. The summed E-state index contributed by atoms with van der Waals surface area (Å²) in [5.41, 5.74) is 2.35. The fourth-order valence-corrected chi connectivity index (χ4v) is 3.98. The van der Waals surface area contributed by atoms with Gasteiger partial charge in [0, 0.05) is 30.2 Å². The Bertz CT molecular complexity index is 1000. The van der Waals surface area contributed by atoms with Crippen molar-refractivity contribution in [1.29, 1.82) is 0 Å². The summed E-state index contributed by atoms with van der Waals surface area (Å²) in [7, 11) is 0. The summed E-state index contributed by atoms with van der Waals surface area (Å²) in [6.07, 6.45) is 6.77. The molecule has 2 aromatic carbocycles. The van der Waals surface area contributed by atoms with Gasteiger partial charge in [0.15, 0.2) is 17.3 Å². The van der Waals surface area contributed by atoms with Crippen LogP contribution < -0.4 is 14.8 Å². The topological polar surface area (TPSA) is 60.7 Å². The van der Waals surface area contributed by atoms with Gasteiger partial charge in [-0.25, -0.2) is 0 Å². The molecule has 0 unspecified atom stereocenters. The summed E-state index contributed by atoms with van der Waals surface area (Å²) in [6, 6.07) is 17.0. The molecule has 0 saturated heterocycles. The van der Waals surface area contributed by atoms with E-state index in [0.717, 1.165) is 42.6 Å². The number of carbonyl (C=O) groups excluding carboxylic acids is 1. The van der Waals surface area contributed by atoms with Crippen LogP contribution in [0.25, 0.3) is 11.1 Å². The molecule has 1 aromatic heterocycles. The summed E-state index contributed by atoms with van der Waals surface area (Å²) in [5.74, 6) is 0.887. The Labute approximate surface area is 163 Å². The molecule has 0 radical (unpaired) electrons. The molecule has 2 heterocycles. The highest BCUT2D eigenvalue weighted by Crippen LogP contribution is 2.46. The Morgan fingerprint density at radius 1 is 0.893 bits per heavy atom. The van der Waals surface area contributed by atoms with Gasteiger partial charge in [-0.05, 0) is 36.6 Å². The van der Waals surface area contributed by atoms with Crippen molar-refractivity contribution in [2.75, 3.05) is 5.32 Å². The molecule has 1 amide bonds. The van der Waals surface area contributed by atoms with Gasteiger partial charge in [0.1, 0.15) is 0 Å². The average molecular weight is 375 g/mol. The van der Waals surface area contributed by atoms with Gasteiger partial charge in [-0.1, -0.05) is 36.8 Å². The predicted molar refractivity (Wildman–Crippen MR) is 106 cm³/mol. The van der Waals surface area contributed by atoms with Crippen molar-refractivity contribution in [1.82, 2.24) is 0 Å². The minimum atomic E-state index is -0.523. The van der Waals surface area contributed by atoms with E-state index in [9.17, 15) is 4.79 Å². The van der Waals surface area contributed by atoms with Crippen molar-refractivity contribution < 1.29 is 18.7 Å². The zero-order valence-corrected chi connectivity index (χ0v) is 15.4. The highest BCUT2D eigenvalue weighted by atomic mass is 16.7. The number of carbonyl (C=O) groups is 1. The number of rotatable bonds is 3. The average Bonchev–Trinajstić information content (AvgIpc) is 3.33. The molecule has 5 rings (SSSR count). The van der Waals surface area contributed by atoms with E-state index in [2.05, 4.69) is 5.32 Å². The van der Waals surface area contributed by atoms with Crippen LogP contribution in [0.4, 0.5) is 5.69 Å². The number of hydrogen-bond donors (Lipinski definition) is 1. The lowest BCUT2D eigenvalue weighted by Crippen LogP contribution is -2.40. The number of anilines is 1. The van der Waals surface area contributed by atoms with Gasteiger partial charge in [-0.3, -0.25) is 4.79 Å². The van der Waals surface area contributed by atoms with Crippen molar-refractivity contribution >= 4 is 11.6 Å². The second-order valence-electron chi connectivity index (χ2n) is 7.32. The van der Waals surface area contributed by atoms with Crippen molar-refractivity contribution in [2.24, 2.45) is 0 Å². The van der Waals surface area contributed by atoms with Crippen LogP contribution >= 0.6 is 0 Å². The molecule has 1 aliphatic heterocycles. The van der Waals surface area contributed by atoms with E-state index < -0.39 is 5.79 Å². The van der Waals surface area contributed by atoms with E-state index in [-0.39, 0.29) is 11.7 Å². The Hall–Kier alpha value is -3.21. The minimum absolute atomic E-state index is 0.285. The number of furan rings is 1. The zero-order chi connectivity index (χ0) is 19.0. The zero-order valence-electron chi connectivity index (χ0n) is 15.4. The van der Waals surface area contributed by atoms with E-state index in [1.54, 1.807) is 6.07 Å². The van der Waals surface area contributed by atoms with Gasteiger partial charge in [0.2, 0.25) is 0 Å². The first-order valence-electron chi connectivity index (χ1n) is 9.69. The lowest BCUT2D eigenvalue weighted by molar-refractivity contribution is -0.105. The summed E-state index contributed by atoms with van der Waals surface area (Å²) in [5, 5.41) is 2.91. The first-order chi connectivity index (χ1) is 13.7. The third-order valence-electron chi connectivity index (χ3n) is 5.37. The van der Waals surface area contributed by atoms with E-state index in [4.69, 9.17) is 13.9 Å². The van der Waals surface area contributed by atoms with Crippen molar-refractivity contribution in [3.8, 4) is 22.6 Å². The summed E-state index contributed by atoms with van der Waals surface area (Å²) in [4.78, 5) is 12.8. The van der Waals surface area contributed by atoms with Crippen molar-refractivity contribution in [2.45, 2.75) is 37.9 Å². The fraction of sp³-hybridized carbons (Fsp3) is 0.261. The molecule has 28 heavy (non-hydrogen) atoms. The SMILES string of the molecule is O=C(Nc1ccc2c(c1)OC1(CCCCC1)O2)c1occc1-c1ccccc1. The Balaban J connectivity index is 1.35. The normalized spacial score (nSPS) is 16.9. The molecule has 1 N–H and O–H groups in total. The van der Waals surface area contributed by atoms with Gasteiger partial charge in [0.25, 0.3) is 11.7 Å². The lowest BCUT2D eigenvalue weighted by atomic mass is 9.94. The van der Waals surface area contributed by atoms with Crippen molar-refractivity contribution in [3.63, 3.8) is 0 Å². The smallest absolute Gasteiger partial charge is 0.292 e. The van der Waals surface area contributed by atoms with Crippen LogP contribution in [0, 0.1) is 0 Å². The second kappa shape index (κ2) is 6.75. The van der Waals surface area contributed by atoms with Gasteiger partial charge >= 0.3 is 0 Å². The Morgan fingerprint density at radius 2 is 1.68 bits per heavy atom. The van der Waals surface area contributed by atoms with Gasteiger partial charge in [-0.2, -0.15) is 0 Å². The van der Waals surface area contributed by atoms with Gasteiger partial charge in [0.05, 0.1) is 6.26 Å². The molecule has 1 fully saturated rings. The third kappa shape index (κ3) is 3.03. The third-order valence-corrected chi connectivity index (χ3v) is 5.37. The number of benzene rings is 2. The number of ether oxygens (including phenoxy) is 2. The molecule has 0 atom stereocenters. The highest BCUT2D eigenvalue weighted by Gasteiger charge is 2.42. The van der Waals surface area contributed by atoms with E-state index in [1.165, 1.54) is 12.7 Å². The highest BCUT2D eigenvalue weighted by molar-refractivity contribution is 6.06. The Morgan fingerprint density at radius 3 is 2.50 bits per heavy atom. The molecule has 3 aromatic rings. The van der Waals surface area contributed by atoms with Crippen molar-refractivity contribution in [3.05, 3.63) is 66.6 Å². The quantitative estimate of drug-likeness (QED) is 0.644. The van der Waals surface area contributed by atoms with Gasteiger partial charge < -0.3 is 19.2 Å². The lowest BCUT2D eigenvalue weighted by Gasteiger charge is -2.31. The molecule has 5 nitrogen and oxygen atoms in total. The van der Waals surface area contributed by atoms with E-state index >= 15 is 0 Å². The monoisotopic (exact) mass is 375 g/mol. The number of nitrogens with one attached hydrogen (secondary N) is 1. The molecule has 1 saturated carbocycles. The number of hydrogen-bond acceptors (Lipinski definition) is 4. The minimum Gasteiger partial charge on any atom is -0.459 e. The first kappa shape index (κ1) is 16.9. The number of fused-ring (bicyclic) bond motifs is 1. The summed E-state index contributed by atoms with van der Waals surface area (Å²) < 4.78 is 17.7. The molecule has 1 spiro atoms. The molecular weight excluding hydrogens is 354 g/mol. The van der Waals surface area contributed by atoms with Crippen LogP contribution in [0.15, 0.2) is 65.3 Å². The maximum atomic E-state index is 12.8. The van der Waals surface area contributed by atoms with Crippen LogP contribution in [0.1, 0.15) is 42.7 Å². The fourth-order valence-electron chi connectivity index (χ4n) is 3.98. The molecular formula is C23H21NO4. The molecule has 0 bridgehead atoms. The number of amides is 1. The van der Waals surface area contributed by atoms with E-state index in [0.29, 0.717) is 11.4 Å². The van der Waals surface area contributed by atoms with Crippen LogP contribution in [0.2, 0.25) is 0 Å². The van der Waals surface area contributed by atoms with Gasteiger partial charge in [-0.15, -0.1) is 0 Å². The standard InChI is InChI=1S/C23H21NO4/c25-22(21-18(11-14-26-21)16-7-3-1-4-8-16)24-17-9-10-19-20(15-17)28-23(27-19)12-5-2-6-13-23/h1,3-4,7-11,14-15H,2,5-6,12-13H2,(H,24,25). The molecule has 2 aliphatic rings. The first-order valence-corrected chi connectivity index (χ1v) is 9.69. The predicted octanol–water partition coefficient (Wildman–Crippen LogP) is 5.63. The Kier molecular flexibility index (Phi) is 4.08. The maximum absolute atomic E-state index is 12.8. The van der Waals surface area contributed by atoms with Crippen LogP contribution in [0.3, 0.4) is 0 Å². The molecule has 142 valence electrons. The van der Waals surface area contributed by atoms with Crippen LogP contribution in [-0.4, -0.2) is 11.7 Å². The molecule has 5 heteroatoms. The maximum Gasteiger partial charge on any atom is 0.292 e. The largest absolute Gasteiger partial charge is 0.459 e.